The fraction of sp³-hybridized carbons (Fsp3) is 0.917. The molecule has 2 aliphatic heterocycles. The maximum atomic E-state index is 12.3. The van der Waals surface area contributed by atoms with Gasteiger partial charge in [0.2, 0.25) is 5.91 Å². The van der Waals surface area contributed by atoms with Gasteiger partial charge >= 0.3 is 0 Å². The Kier molecular flexibility index (Phi) is 6.63. The summed E-state index contributed by atoms with van der Waals surface area (Å²) >= 11 is 1.86. The quantitative estimate of drug-likeness (QED) is 0.793. The molecule has 0 spiro atoms. The number of thioether (sulfide) groups is 1. The van der Waals surface area contributed by atoms with Crippen LogP contribution < -0.4 is 5.32 Å². The van der Waals surface area contributed by atoms with Crippen LogP contribution >= 0.6 is 24.2 Å². The molecule has 0 aromatic carbocycles. The zero-order valence-corrected chi connectivity index (χ0v) is 14.3. The molecule has 2 rings (SSSR count). The lowest BCUT2D eigenvalue weighted by molar-refractivity contribution is -0.133. The minimum Gasteiger partial charge on any atom is -0.338 e. The molecule has 20 heavy (non-hydrogen) atoms. The molecule has 0 aromatic heterocycles. The van der Waals surface area contributed by atoms with Gasteiger partial charge in [-0.1, -0.05) is 0 Å². The third-order valence-electron chi connectivity index (χ3n) is 4.09. The number of rotatable bonds is 2. The number of hydrogen-bond donors (Lipinski definition) is 1. The first-order valence-electron chi connectivity index (χ1n) is 6.74. The van der Waals surface area contributed by atoms with Crippen molar-refractivity contribution >= 4 is 39.9 Å². The number of carbonyl (C=O) groups excluding carboxylic acids is 1. The summed E-state index contributed by atoms with van der Waals surface area (Å²) in [6.07, 6.45) is 0.476. The molecule has 3 unspecified atom stereocenters. The van der Waals surface area contributed by atoms with Crippen LogP contribution in [0.5, 0.6) is 0 Å². The van der Waals surface area contributed by atoms with Gasteiger partial charge in [0.25, 0.3) is 0 Å². The molecule has 0 saturated carbocycles. The highest BCUT2D eigenvalue weighted by molar-refractivity contribution is 7.99. The number of nitrogens with one attached hydrogen (secondary N) is 1. The number of carbonyl (C=O) groups is 1. The van der Waals surface area contributed by atoms with Crippen molar-refractivity contribution in [2.75, 3.05) is 30.3 Å². The number of hydrogen-bond acceptors (Lipinski definition) is 5. The third-order valence-corrected chi connectivity index (χ3v) is 7.50. The summed E-state index contributed by atoms with van der Waals surface area (Å²) in [6, 6.07) is 0.00906. The summed E-state index contributed by atoms with van der Waals surface area (Å²) in [4.78, 5) is 14.1. The summed E-state index contributed by atoms with van der Waals surface area (Å²) in [5, 5.41) is 2.89. The summed E-state index contributed by atoms with van der Waals surface area (Å²) < 4.78 is 23.6. The molecule has 2 fully saturated rings. The average Bonchev–Trinajstić information content (AvgIpc) is 2.37. The van der Waals surface area contributed by atoms with Crippen molar-refractivity contribution in [1.29, 1.82) is 0 Å². The molecule has 2 saturated heterocycles. The summed E-state index contributed by atoms with van der Waals surface area (Å²) in [7, 11) is -3.02. The van der Waals surface area contributed by atoms with E-state index in [1.165, 1.54) is 0 Å². The highest BCUT2D eigenvalue weighted by Gasteiger charge is 2.38. The normalized spacial score (nSPS) is 33.3. The molecule has 8 heteroatoms. The maximum Gasteiger partial charge on any atom is 0.224 e. The van der Waals surface area contributed by atoms with E-state index < -0.39 is 15.1 Å². The van der Waals surface area contributed by atoms with Crippen molar-refractivity contribution < 1.29 is 13.2 Å². The molecular weight excluding hydrogens is 320 g/mol. The molecule has 5 nitrogen and oxygen atoms in total. The molecule has 1 amide bonds. The summed E-state index contributed by atoms with van der Waals surface area (Å²) in [6.45, 7) is 4.83. The lowest BCUT2D eigenvalue weighted by atomic mass is 10.1. The molecule has 3 atom stereocenters. The van der Waals surface area contributed by atoms with Crippen molar-refractivity contribution in [1.82, 2.24) is 10.2 Å². The zero-order valence-electron chi connectivity index (χ0n) is 11.9. The van der Waals surface area contributed by atoms with Gasteiger partial charge in [0.1, 0.15) is 0 Å². The molecule has 0 radical (unpaired) electrons. The standard InChI is InChI=1S/C12H22N2O3S2.ClH/c1-9-10(2)19(16,17)6-4-14(9)12(15)7-11-8-18-5-3-13-11;/h9-11,13H,3-8H2,1-2H3;1H. The van der Waals surface area contributed by atoms with Crippen LogP contribution in [0.15, 0.2) is 0 Å². The second-order valence-corrected chi connectivity index (χ2v) is 8.96. The number of nitrogens with zero attached hydrogens (tertiary/aromatic N) is 1. The van der Waals surface area contributed by atoms with Gasteiger partial charge in [-0.2, -0.15) is 11.8 Å². The Bertz CT molecular complexity index is 438. The topological polar surface area (TPSA) is 66.5 Å². The predicted octanol–water partition coefficient (Wildman–Crippen LogP) is 0.537. The molecule has 2 heterocycles. The van der Waals surface area contributed by atoms with Crippen molar-refractivity contribution in [2.45, 2.75) is 37.6 Å². The van der Waals surface area contributed by atoms with Crippen molar-refractivity contribution in [2.24, 2.45) is 0 Å². The van der Waals surface area contributed by atoms with Gasteiger partial charge in [0.05, 0.1) is 11.0 Å². The van der Waals surface area contributed by atoms with E-state index in [1.807, 2.05) is 18.7 Å². The van der Waals surface area contributed by atoms with Crippen LogP contribution in [0.25, 0.3) is 0 Å². The Morgan fingerprint density at radius 2 is 2.10 bits per heavy atom. The molecule has 0 aromatic rings. The Morgan fingerprint density at radius 1 is 1.40 bits per heavy atom. The second kappa shape index (κ2) is 7.33. The molecule has 0 bridgehead atoms. The highest BCUT2D eigenvalue weighted by Crippen LogP contribution is 2.21. The summed E-state index contributed by atoms with van der Waals surface area (Å²) in [5.41, 5.74) is 0. The van der Waals surface area contributed by atoms with Gasteiger partial charge < -0.3 is 10.2 Å². The smallest absolute Gasteiger partial charge is 0.224 e. The van der Waals surface area contributed by atoms with Crippen molar-refractivity contribution in [3.8, 4) is 0 Å². The van der Waals surface area contributed by atoms with Gasteiger partial charge in [-0.3, -0.25) is 4.79 Å². The van der Waals surface area contributed by atoms with E-state index in [0.717, 1.165) is 18.1 Å². The van der Waals surface area contributed by atoms with Crippen molar-refractivity contribution in [3.63, 3.8) is 0 Å². The minimum absolute atomic E-state index is 0. The van der Waals surface area contributed by atoms with Gasteiger partial charge in [-0.25, -0.2) is 8.42 Å². The van der Waals surface area contributed by atoms with E-state index in [9.17, 15) is 13.2 Å². The average molecular weight is 343 g/mol. The molecule has 1 N–H and O–H groups in total. The van der Waals surface area contributed by atoms with E-state index in [4.69, 9.17) is 0 Å². The van der Waals surface area contributed by atoms with Crippen LogP contribution in [0.4, 0.5) is 0 Å². The first kappa shape index (κ1) is 18.1. The van der Waals surface area contributed by atoms with E-state index >= 15 is 0 Å². The Hall–Kier alpha value is 0.0200. The Morgan fingerprint density at radius 3 is 2.70 bits per heavy atom. The van der Waals surface area contributed by atoms with Gasteiger partial charge in [0, 0.05) is 43.1 Å². The fourth-order valence-corrected chi connectivity index (χ4v) is 5.12. The fourth-order valence-electron chi connectivity index (χ4n) is 2.60. The lowest BCUT2D eigenvalue weighted by Crippen LogP contribution is -2.55. The van der Waals surface area contributed by atoms with Crippen LogP contribution in [0.2, 0.25) is 0 Å². The Balaban J connectivity index is 0.00000200. The number of sulfone groups is 1. The summed E-state index contributed by atoms with van der Waals surface area (Å²) in [5.74, 6) is 2.23. The van der Waals surface area contributed by atoms with E-state index in [2.05, 4.69) is 5.32 Å². The van der Waals surface area contributed by atoms with Gasteiger partial charge in [-0.05, 0) is 13.8 Å². The molecule has 2 aliphatic rings. The predicted molar refractivity (Wildman–Crippen MR) is 85.4 cm³/mol. The maximum absolute atomic E-state index is 12.3. The van der Waals surface area contributed by atoms with Gasteiger partial charge in [0.15, 0.2) is 9.84 Å². The largest absolute Gasteiger partial charge is 0.338 e. The van der Waals surface area contributed by atoms with Crippen LogP contribution in [0, 0.1) is 0 Å². The molecule has 0 aliphatic carbocycles. The van der Waals surface area contributed by atoms with E-state index in [-0.39, 0.29) is 36.2 Å². The first-order valence-corrected chi connectivity index (χ1v) is 9.61. The van der Waals surface area contributed by atoms with Crippen LogP contribution in [0.3, 0.4) is 0 Å². The van der Waals surface area contributed by atoms with Crippen molar-refractivity contribution in [3.05, 3.63) is 0 Å². The minimum atomic E-state index is -3.02. The third kappa shape index (κ3) is 4.02. The molecule has 118 valence electrons. The van der Waals surface area contributed by atoms with Gasteiger partial charge in [-0.15, -0.1) is 12.4 Å². The monoisotopic (exact) mass is 342 g/mol. The SMILES string of the molecule is CC1C(C)S(=O)(=O)CCN1C(=O)CC1CSCCN1.Cl. The lowest BCUT2D eigenvalue weighted by Gasteiger charge is -2.38. The van der Waals surface area contributed by atoms with Crippen LogP contribution in [0.1, 0.15) is 20.3 Å². The Labute approximate surface area is 131 Å². The van der Waals surface area contributed by atoms with Crippen LogP contribution in [-0.4, -0.2) is 66.9 Å². The van der Waals surface area contributed by atoms with E-state index in [0.29, 0.717) is 13.0 Å². The molecular formula is C12H23ClN2O3S2. The number of amides is 1. The first-order chi connectivity index (χ1) is 8.92. The number of halogens is 1. The van der Waals surface area contributed by atoms with E-state index in [1.54, 1.807) is 11.8 Å². The highest BCUT2D eigenvalue weighted by atomic mass is 35.5. The van der Waals surface area contributed by atoms with Crippen LogP contribution in [-0.2, 0) is 14.6 Å². The second-order valence-electron chi connectivity index (χ2n) is 5.33. The zero-order chi connectivity index (χ0) is 14.0.